The summed E-state index contributed by atoms with van der Waals surface area (Å²) in [6.45, 7) is 7.16. The first-order valence-corrected chi connectivity index (χ1v) is 11.2. The van der Waals surface area contributed by atoms with Crippen molar-refractivity contribution in [2.45, 2.75) is 52.1 Å². The van der Waals surface area contributed by atoms with Gasteiger partial charge >= 0.3 is 0 Å². The monoisotopic (exact) mass is 411 g/mol. The van der Waals surface area contributed by atoms with Crippen molar-refractivity contribution >= 4 is 28.7 Å². The summed E-state index contributed by atoms with van der Waals surface area (Å²) in [7, 11) is 0. The molecule has 156 valence electrons. The number of anilines is 2. The van der Waals surface area contributed by atoms with Crippen LogP contribution in [0.2, 0.25) is 0 Å². The Bertz CT molecular complexity index is 755. The summed E-state index contributed by atoms with van der Waals surface area (Å²) >= 11 is 5.43. The Balaban J connectivity index is 1.36. The number of benzene rings is 2. The van der Waals surface area contributed by atoms with E-state index in [1.165, 1.54) is 36.9 Å². The molecule has 1 saturated carbocycles. The maximum Gasteiger partial charge on any atom is 0.170 e. The molecule has 1 aliphatic rings. The van der Waals surface area contributed by atoms with E-state index in [0.29, 0.717) is 11.2 Å². The SMILES string of the molecule is CCN(CCCNC(=S)Nc1ccc(OC2CCCC2)cc1)c1ccc(C)cc1. The highest BCUT2D eigenvalue weighted by atomic mass is 32.1. The first kappa shape index (κ1) is 21.4. The minimum absolute atomic E-state index is 0.388. The average molecular weight is 412 g/mol. The molecule has 0 bridgehead atoms. The van der Waals surface area contributed by atoms with Crippen LogP contribution in [-0.4, -0.2) is 30.9 Å². The van der Waals surface area contributed by atoms with E-state index in [4.69, 9.17) is 17.0 Å². The van der Waals surface area contributed by atoms with E-state index in [1.54, 1.807) is 0 Å². The van der Waals surface area contributed by atoms with Crippen LogP contribution in [-0.2, 0) is 0 Å². The third-order valence-corrected chi connectivity index (χ3v) is 5.63. The van der Waals surface area contributed by atoms with Crippen molar-refractivity contribution in [1.82, 2.24) is 5.32 Å². The summed E-state index contributed by atoms with van der Waals surface area (Å²) in [4.78, 5) is 2.39. The molecule has 1 aliphatic carbocycles. The Labute approximate surface area is 180 Å². The summed E-state index contributed by atoms with van der Waals surface area (Å²) in [6, 6.07) is 16.8. The summed E-state index contributed by atoms with van der Waals surface area (Å²) in [6.07, 6.45) is 6.33. The predicted molar refractivity (Wildman–Crippen MR) is 127 cm³/mol. The van der Waals surface area contributed by atoms with Gasteiger partial charge in [-0.05, 0) is 94.6 Å². The molecule has 0 aliphatic heterocycles. The van der Waals surface area contributed by atoms with Crippen LogP contribution in [0.15, 0.2) is 48.5 Å². The van der Waals surface area contributed by atoms with Crippen LogP contribution in [0.5, 0.6) is 5.75 Å². The number of nitrogens with zero attached hydrogens (tertiary/aromatic N) is 1. The maximum absolute atomic E-state index is 6.01. The highest BCUT2D eigenvalue weighted by molar-refractivity contribution is 7.80. The molecule has 0 unspecified atom stereocenters. The lowest BCUT2D eigenvalue weighted by Crippen LogP contribution is -2.32. The van der Waals surface area contributed by atoms with Gasteiger partial charge in [0.1, 0.15) is 5.75 Å². The molecule has 0 saturated heterocycles. The zero-order chi connectivity index (χ0) is 20.5. The Hall–Kier alpha value is -2.27. The Morgan fingerprint density at radius 2 is 1.76 bits per heavy atom. The maximum atomic E-state index is 6.01. The van der Waals surface area contributed by atoms with Gasteiger partial charge in [0.05, 0.1) is 6.10 Å². The molecule has 0 amide bonds. The molecule has 29 heavy (non-hydrogen) atoms. The lowest BCUT2D eigenvalue weighted by Gasteiger charge is -2.23. The average Bonchev–Trinajstić information content (AvgIpc) is 3.23. The molecule has 0 spiro atoms. The van der Waals surface area contributed by atoms with E-state index in [0.717, 1.165) is 37.5 Å². The van der Waals surface area contributed by atoms with E-state index in [1.807, 2.05) is 24.3 Å². The van der Waals surface area contributed by atoms with Gasteiger partial charge < -0.3 is 20.3 Å². The standard InChI is InChI=1S/C24H33N3OS/c1-3-27(21-13-9-19(2)10-14-21)18-6-17-25-24(29)26-20-11-15-23(16-12-20)28-22-7-4-5-8-22/h9-16,22H,3-8,17-18H2,1-2H3,(H2,25,26,29). The van der Waals surface area contributed by atoms with Gasteiger partial charge in [0.2, 0.25) is 0 Å². The van der Waals surface area contributed by atoms with Crippen LogP contribution in [0, 0.1) is 6.92 Å². The number of rotatable bonds is 9. The first-order chi connectivity index (χ1) is 14.1. The molecule has 2 aromatic carbocycles. The largest absolute Gasteiger partial charge is 0.490 e. The van der Waals surface area contributed by atoms with Crippen molar-refractivity contribution < 1.29 is 4.74 Å². The summed E-state index contributed by atoms with van der Waals surface area (Å²) in [5.41, 5.74) is 3.55. The Morgan fingerprint density at radius 1 is 1.07 bits per heavy atom. The van der Waals surface area contributed by atoms with Gasteiger partial charge in [0.25, 0.3) is 0 Å². The molecule has 5 heteroatoms. The van der Waals surface area contributed by atoms with Gasteiger partial charge in [-0.1, -0.05) is 17.7 Å². The van der Waals surface area contributed by atoms with Crippen LogP contribution >= 0.6 is 12.2 Å². The summed E-state index contributed by atoms with van der Waals surface area (Å²) < 4.78 is 6.01. The smallest absolute Gasteiger partial charge is 0.170 e. The van der Waals surface area contributed by atoms with Crippen molar-refractivity contribution in [3.05, 3.63) is 54.1 Å². The zero-order valence-corrected chi connectivity index (χ0v) is 18.4. The van der Waals surface area contributed by atoms with Gasteiger partial charge in [0.15, 0.2) is 5.11 Å². The van der Waals surface area contributed by atoms with Crippen LogP contribution in [0.1, 0.15) is 44.6 Å². The van der Waals surface area contributed by atoms with Gasteiger partial charge in [-0.25, -0.2) is 0 Å². The fourth-order valence-electron chi connectivity index (χ4n) is 3.69. The van der Waals surface area contributed by atoms with Crippen LogP contribution in [0.3, 0.4) is 0 Å². The molecule has 3 rings (SSSR count). The van der Waals surface area contributed by atoms with Crippen molar-refractivity contribution in [2.75, 3.05) is 29.9 Å². The lowest BCUT2D eigenvalue weighted by atomic mass is 10.2. The molecule has 4 nitrogen and oxygen atoms in total. The number of hydrogen-bond donors (Lipinski definition) is 2. The van der Waals surface area contributed by atoms with Gasteiger partial charge in [-0.3, -0.25) is 0 Å². The highest BCUT2D eigenvalue weighted by Crippen LogP contribution is 2.25. The second-order valence-corrected chi connectivity index (χ2v) is 8.11. The van der Waals surface area contributed by atoms with Crippen LogP contribution in [0.25, 0.3) is 0 Å². The highest BCUT2D eigenvalue weighted by Gasteiger charge is 2.16. The summed E-state index contributed by atoms with van der Waals surface area (Å²) in [5, 5.41) is 7.22. The second-order valence-electron chi connectivity index (χ2n) is 7.70. The second kappa shape index (κ2) is 11.1. The number of nitrogens with one attached hydrogen (secondary N) is 2. The number of hydrogen-bond acceptors (Lipinski definition) is 3. The molecule has 0 atom stereocenters. The van der Waals surface area contributed by atoms with Gasteiger partial charge in [-0.2, -0.15) is 0 Å². The number of thiocarbonyl (C=S) groups is 1. The molecule has 0 radical (unpaired) electrons. The molecule has 0 aromatic heterocycles. The van der Waals surface area contributed by atoms with Gasteiger partial charge in [-0.15, -0.1) is 0 Å². The lowest BCUT2D eigenvalue weighted by molar-refractivity contribution is 0.210. The van der Waals surface area contributed by atoms with Crippen molar-refractivity contribution in [1.29, 1.82) is 0 Å². The first-order valence-electron chi connectivity index (χ1n) is 10.8. The molecule has 0 heterocycles. The van der Waals surface area contributed by atoms with Crippen molar-refractivity contribution in [2.24, 2.45) is 0 Å². The molecular weight excluding hydrogens is 378 g/mol. The summed E-state index contributed by atoms with van der Waals surface area (Å²) in [5.74, 6) is 0.942. The topological polar surface area (TPSA) is 36.5 Å². The minimum Gasteiger partial charge on any atom is -0.490 e. The fraction of sp³-hybridized carbons (Fsp3) is 0.458. The van der Waals surface area contributed by atoms with E-state index in [-0.39, 0.29) is 0 Å². The Kier molecular flexibility index (Phi) is 8.17. The molecule has 2 N–H and O–H groups in total. The minimum atomic E-state index is 0.388. The Morgan fingerprint density at radius 3 is 2.41 bits per heavy atom. The van der Waals surface area contributed by atoms with Crippen molar-refractivity contribution in [3.8, 4) is 5.75 Å². The third-order valence-electron chi connectivity index (χ3n) is 5.39. The van der Waals surface area contributed by atoms with E-state index >= 15 is 0 Å². The molecule has 2 aromatic rings. The normalized spacial score (nSPS) is 13.9. The fourth-order valence-corrected chi connectivity index (χ4v) is 3.91. The third kappa shape index (κ3) is 6.93. The predicted octanol–water partition coefficient (Wildman–Crippen LogP) is 5.52. The van der Waals surface area contributed by atoms with Gasteiger partial charge in [0, 0.05) is 31.0 Å². The van der Waals surface area contributed by atoms with Crippen LogP contribution in [0.4, 0.5) is 11.4 Å². The number of aryl methyl sites for hydroxylation is 1. The van der Waals surface area contributed by atoms with Crippen LogP contribution < -0.4 is 20.3 Å². The number of ether oxygens (including phenoxy) is 1. The van der Waals surface area contributed by atoms with E-state index < -0.39 is 0 Å². The van der Waals surface area contributed by atoms with Crippen molar-refractivity contribution in [3.63, 3.8) is 0 Å². The van der Waals surface area contributed by atoms with E-state index in [9.17, 15) is 0 Å². The molecular formula is C24H33N3OS. The zero-order valence-electron chi connectivity index (χ0n) is 17.6. The quantitative estimate of drug-likeness (QED) is 0.420. The van der Waals surface area contributed by atoms with E-state index in [2.05, 4.69) is 53.6 Å². The molecule has 1 fully saturated rings.